The first-order valence-corrected chi connectivity index (χ1v) is 4.75. The number of sulfone groups is 1. The van der Waals surface area contributed by atoms with Crippen molar-refractivity contribution in [2.24, 2.45) is 0 Å². The maximum Gasteiger partial charge on any atom is 0.154 e. The highest BCUT2D eigenvalue weighted by Gasteiger charge is 2.36. The van der Waals surface area contributed by atoms with Gasteiger partial charge in [-0.15, -0.1) is 11.6 Å². The van der Waals surface area contributed by atoms with Crippen LogP contribution in [0.15, 0.2) is 0 Å². The Morgan fingerprint density at radius 1 is 1.44 bits per heavy atom. The van der Waals surface area contributed by atoms with Crippen LogP contribution in [-0.4, -0.2) is 31.5 Å². The van der Waals surface area contributed by atoms with Gasteiger partial charge in [0.05, 0.1) is 16.9 Å². The van der Waals surface area contributed by atoms with Crippen molar-refractivity contribution < 1.29 is 12.8 Å². The second-order valence-electron chi connectivity index (χ2n) is 2.11. The standard InChI is InChI=1S/C4H6ClFO2S/c5-3-1-9(7,8)2-4(3)6/h3-4H,1-2H2. The van der Waals surface area contributed by atoms with Crippen LogP contribution in [0.3, 0.4) is 0 Å². The molecule has 2 unspecified atom stereocenters. The molecule has 2 nitrogen and oxygen atoms in total. The Morgan fingerprint density at radius 3 is 2.11 bits per heavy atom. The predicted octanol–water partition coefficient (Wildman–Crippen LogP) is 0.360. The minimum Gasteiger partial charge on any atom is -0.245 e. The molecule has 0 spiro atoms. The number of hydrogen-bond donors (Lipinski definition) is 0. The van der Waals surface area contributed by atoms with Crippen molar-refractivity contribution in [1.82, 2.24) is 0 Å². The number of halogens is 2. The van der Waals surface area contributed by atoms with Crippen LogP contribution in [0.25, 0.3) is 0 Å². The molecule has 0 aromatic heterocycles. The maximum atomic E-state index is 12.3. The topological polar surface area (TPSA) is 34.1 Å². The van der Waals surface area contributed by atoms with E-state index in [1.54, 1.807) is 0 Å². The third-order valence-corrected chi connectivity index (χ3v) is 3.52. The van der Waals surface area contributed by atoms with E-state index in [4.69, 9.17) is 11.6 Å². The third kappa shape index (κ3) is 1.55. The summed E-state index contributed by atoms with van der Waals surface area (Å²) in [7, 11) is -3.15. The molecule has 1 saturated heterocycles. The number of hydrogen-bond acceptors (Lipinski definition) is 2. The first kappa shape index (κ1) is 7.28. The van der Waals surface area contributed by atoms with Gasteiger partial charge in [-0.1, -0.05) is 0 Å². The van der Waals surface area contributed by atoms with E-state index >= 15 is 0 Å². The second-order valence-corrected chi connectivity index (χ2v) is 4.82. The van der Waals surface area contributed by atoms with Gasteiger partial charge in [0, 0.05) is 0 Å². The lowest BCUT2D eigenvalue weighted by atomic mass is 10.3. The third-order valence-electron chi connectivity index (χ3n) is 1.22. The Labute approximate surface area is 57.9 Å². The van der Waals surface area contributed by atoms with E-state index in [1.807, 2.05) is 0 Å². The Balaban J connectivity index is 2.77. The summed E-state index contributed by atoms with van der Waals surface area (Å²) in [5.41, 5.74) is 0. The summed E-state index contributed by atoms with van der Waals surface area (Å²) < 4.78 is 33.4. The van der Waals surface area contributed by atoms with Crippen LogP contribution in [0.1, 0.15) is 0 Å². The lowest BCUT2D eigenvalue weighted by Gasteiger charge is -1.95. The highest BCUT2D eigenvalue weighted by molar-refractivity contribution is 7.91. The highest BCUT2D eigenvalue weighted by atomic mass is 35.5. The van der Waals surface area contributed by atoms with E-state index in [0.29, 0.717) is 0 Å². The molecule has 0 aliphatic carbocycles. The van der Waals surface area contributed by atoms with Crippen LogP contribution in [0, 0.1) is 0 Å². The lowest BCUT2D eigenvalue weighted by Crippen LogP contribution is -2.11. The average molecular weight is 173 g/mol. The SMILES string of the molecule is O=S1(=O)CC(F)C(Cl)C1. The van der Waals surface area contributed by atoms with Crippen molar-refractivity contribution in [3.8, 4) is 0 Å². The molecule has 0 N–H and O–H groups in total. The van der Waals surface area contributed by atoms with Crippen molar-refractivity contribution >= 4 is 21.4 Å². The van der Waals surface area contributed by atoms with E-state index in [-0.39, 0.29) is 5.75 Å². The summed E-state index contributed by atoms with van der Waals surface area (Å²) in [5.74, 6) is -0.614. The van der Waals surface area contributed by atoms with Crippen molar-refractivity contribution in [3.05, 3.63) is 0 Å². The van der Waals surface area contributed by atoms with Crippen LogP contribution >= 0.6 is 11.6 Å². The first-order chi connectivity index (χ1) is 4.01. The van der Waals surface area contributed by atoms with E-state index in [0.717, 1.165) is 0 Å². The van der Waals surface area contributed by atoms with Crippen LogP contribution in [0.2, 0.25) is 0 Å². The first-order valence-electron chi connectivity index (χ1n) is 2.50. The summed E-state index contributed by atoms with van der Waals surface area (Å²) in [5, 5.41) is -0.824. The largest absolute Gasteiger partial charge is 0.245 e. The number of alkyl halides is 2. The molecule has 1 aliphatic heterocycles. The molecule has 0 radical (unpaired) electrons. The fourth-order valence-electron chi connectivity index (χ4n) is 0.762. The van der Waals surface area contributed by atoms with E-state index in [1.165, 1.54) is 0 Å². The van der Waals surface area contributed by atoms with Crippen molar-refractivity contribution in [2.75, 3.05) is 11.5 Å². The molecule has 1 fully saturated rings. The van der Waals surface area contributed by atoms with Gasteiger partial charge >= 0.3 is 0 Å². The summed E-state index contributed by atoms with van der Waals surface area (Å²) in [6.45, 7) is 0. The van der Waals surface area contributed by atoms with E-state index in [9.17, 15) is 12.8 Å². The van der Waals surface area contributed by atoms with Gasteiger partial charge in [-0.3, -0.25) is 0 Å². The molecule has 0 aromatic carbocycles. The van der Waals surface area contributed by atoms with Crippen LogP contribution in [0.5, 0.6) is 0 Å². The fraction of sp³-hybridized carbons (Fsp3) is 1.00. The molecule has 5 heteroatoms. The number of rotatable bonds is 0. The van der Waals surface area contributed by atoms with Gasteiger partial charge in [-0.05, 0) is 0 Å². The highest BCUT2D eigenvalue weighted by Crippen LogP contribution is 2.20. The molecule has 1 rings (SSSR count). The van der Waals surface area contributed by atoms with Crippen molar-refractivity contribution in [1.29, 1.82) is 0 Å². The Morgan fingerprint density at radius 2 is 2.00 bits per heavy atom. The molecule has 1 aliphatic rings. The molecular weight excluding hydrogens is 167 g/mol. The van der Waals surface area contributed by atoms with Gasteiger partial charge in [-0.2, -0.15) is 0 Å². The summed E-state index contributed by atoms with van der Waals surface area (Å²) in [4.78, 5) is 0. The molecule has 1 heterocycles. The van der Waals surface area contributed by atoms with Gasteiger partial charge < -0.3 is 0 Å². The average Bonchev–Trinajstić information content (AvgIpc) is 1.79. The zero-order valence-corrected chi connectivity index (χ0v) is 6.12. The molecule has 0 amide bonds. The summed E-state index contributed by atoms with van der Waals surface area (Å²) in [6, 6.07) is 0. The molecular formula is C4H6ClFO2S. The van der Waals surface area contributed by atoms with Gasteiger partial charge in [-0.25, -0.2) is 12.8 Å². The normalized spacial score (nSPS) is 41.1. The summed E-state index contributed by atoms with van der Waals surface area (Å²) >= 11 is 5.29. The Bertz CT molecular complexity index is 185. The Hall–Kier alpha value is 0.170. The molecule has 0 saturated carbocycles. The monoisotopic (exact) mass is 172 g/mol. The van der Waals surface area contributed by atoms with Gasteiger partial charge in [0.1, 0.15) is 6.17 Å². The lowest BCUT2D eigenvalue weighted by molar-refractivity contribution is 0.373. The summed E-state index contributed by atoms with van der Waals surface area (Å²) in [6.07, 6.45) is -1.36. The van der Waals surface area contributed by atoms with Crippen LogP contribution in [-0.2, 0) is 9.84 Å². The minimum atomic E-state index is -3.15. The fourth-order valence-corrected chi connectivity index (χ4v) is 3.08. The van der Waals surface area contributed by atoms with Crippen molar-refractivity contribution in [3.63, 3.8) is 0 Å². The minimum absolute atomic E-state index is 0.213. The van der Waals surface area contributed by atoms with Crippen molar-refractivity contribution in [2.45, 2.75) is 11.5 Å². The van der Waals surface area contributed by atoms with E-state index in [2.05, 4.69) is 0 Å². The molecule has 54 valence electrons. The maximum absolute atomic E-state index is 12.3. The Kier molecular flexibility index (Phi) is 1.69. The molecule has 2 atom stereocenters. The molecule has 0 bridgehead atoms. The van der Waals surface area contributed by atoms with Gasteiger partial charge in [0.15, 0.2) is 9.84 Å². The second kappa shape index (κ2) is 2.09. The van der Waals surface area contributed by atoms with Crippen LogP contribution in [0.4, 0.5) is 4.39 Å². The van der Waals surface area contributed by atoms with Crippen LogP contribution < -0.4 is 0 Å². The van der Waals surface area contributed by atoms with Gasteiger partial charge in [0.25, 0.3) is 0 Å². The van der Waals surface area contributed by atoms with Gasteiger partial charge in [0.2, 0.25) is 0 Å². The van der Waals surface area contributed by atoms with E-state index < -0.39 is 27.1 Å². The predicted molar refractivity (Wildman–Crippen MR) is 33.2 cm³/mol. The molecule has 9 heavy (non-hydrogen) atoms. The quantitative estimate of drug-likeness (QED) is 0.495. The zero-order chi connectivity index (χ0) is 7.07. The zero-order valence-electron chi connectivity index (χ0n) is 4.55. The molecule has 0 aromatic rings. The smallest absolute Gasteiger partial charge is 0.154 e.